The van der Waals surface area contributed by atoms with Gasteiger partial charge in [-0.1, -0.05) is 30.3 Å². The molecule has 2 rings (SSSR count). The number of hydrogen-bond acceptors (Lipinski definition) is 3. The Bertz CT molecular complexity index is 448. The molecule has 0 bridgehead atoms. The lowest BCUT2D eigenvalue weighted by molar-refractivity contribution is 0.221. The van der Waals surface area contributed by atoms with Gasteiger partial charge >= 0.3 is 0 Å². The van der Waals surface area contributed by atoms with E-state index in [0.717, 1.165) is 5.56 Å². The largest absolute Gasteiger partial charge is 0.397 e. The fourth-order valence-corrected chi connectivity index (χ4v) is 1.48. The molecular weight excluding hydrogens is 224 g/mol. The molecule has 0 aliphatic carbocycles. The van der Waals surface area contributed by atoms with Crippen molar-refractivity contribution in [2.24, 2.45) is 0 Å². The number of pyridine rings is 1. The lowest BCUT2D eigenvalue weighted by atomic mass is 10.0. The minimum atomic E-state index is -0.686. The third kappa shape index (κ3) is 2.51. The first kappa shape index (κ1) is 12.5. The van der Waals surface area contributed by atoms with Crippen LogP contribution in [0.25, 0.3) is 0 Å². The summed E-state index contributed by atoms with van der Waals surface area (Å²) in [6, 6.07) is 11.1. The number of aromatic nitrogens is 1. The van der Waals surface area contributed by atoms with E-state index in [1.807, 2.05) is 30.3 Å². The van der Waals surface area contributed by atoms with E-state index in [1.165, 1.54) is 0 Å². The second-order valence-electron chi connectivity index (χ2n) is 3.32. The highest BCUT2D eigenvalue weighted by Crippen LogP contribution is 2.25. The Balaban J connectivity index is 0.00000128. The molecule has 0 amide bonds. The van der Waals surface area contributed by atoms with Gasteiger partial charge in [0.2, 0.25) is 0 Å². The fourth-order valence-electron chi connectivity index (χ4n) is 1.48. The van der Waals surface area contributed by atoms with Gasteiger partial charge in [0.25, 0.3) is 0 Å². The molecule has 0 fully saturated rings. The molecule has 3 N–H and O–H groups in total. The number of hydrogen-bond donors (Lipinski definition) is 2. The molecule has 0 saturated carbocycles. The molecule has 1 aromatic heterocycles. The number of aliphatic hydroxyl groups excluding tert-OH is 1. The number of benzene rings is 1. The SMILES string of the molecule is Cl.Nc1cnccc1C(O)c1ccccc1. The zero-order chi connectivity index (χ0) is 10.7. The first-order valence-corrected chi connectivity index (χ1v) is 4.71. The lowest BCUT2D eigenvalue weighted by Gasteiger charge is -2.12. The molecule has 1 heterocycles. The van der Waals surface area contributed by atoms with Crippen molar-refractivity contribution >= 4 is 18.1 Å². The van der Waals surface area contributed by atoms with E-state index in [4.69, 9.17) is 5.73 Å². The van der Waals surface area contributed by atoms with Gasteiger partial charge in [-0.2, -0.15) is 0 Å². The van der Waals surface area contributed by atoms with Crippen LogP contribution in [0.3, 0.4) is 0 Å². The van der Waals surface area contributed by atoms with E-state index in [-0.39, 0.29) is 12.4 Å². The Labute approximate surface area is 100 Å². The van der Waals surface area contributed by atoms with Crippen molar-refractivity contribution in [1.29, 1.82) is 0 Å². The van der Waals surface area contributed by atoms with E-state index in [1.54, 1.807) is 18.5 Å². The van der Waals surface area contributed by atoms with Gasteiger partial charge in [-0.15, -0.1) is 12.4 Å². The topological polar surface area (TPSA) is 59.1 Å². The molecule has 3 nitrogen and oxygen atoms in total. The second kappa shape index (κ2) is 5.49. The zero-order valence-corrected chi connectivity index (χ0v) is 9.39. The first-order chi connectivity index (χ1) is 7.29. The Hall–Kier alpha value is -1.58. The summed E-state index contributed by atoms with van der Waals surface area (Å²) in [4.78, 5) is 3.88. The summed E-state index contributed by atoms with van der Waals surface area (Å²) in [5, 5.41) is 10.1. The van der Waals surface area contributed by atoms with Gasteiger partial charge in [0.1, 0.15) is 6.10 Å². The summed E-state index contributed by atoms with van der Waals surface area (Å²) >= 11 is 0. The fraction of sp³-hybridized carbons (Fsp3) is 0.0833. The minimum Gasteiger partial charge on any atom is -0.397 e. The van der Waals surface area contributed by atoms with Crippen LogP contribution in [0.2, 0.25) is 0 Å². The number of anilines is 1. The molecule has 0 saturated heterocycles. The average molecular weight is 237 g/mol. The number of halogens is 1. The van der Waals surface area contributed by atoms with Gasteiger partial charge in [-0.3, -0.25) is 4.98 Å². The minimum absolute atomic E-state index is 0. The molecule has 0 radical (unpaired) electrons. The van der Waals surface area contributed by atoms with E-state index in [0.29, 0.717) is 11.3 Å². The van der Waals surface area contributed by atoms with E-state index in [2.05, 4.69) is 4.98 Å². The summed E-state index contributed by atoms with van der Waals surface area (Å²) in [5.74, 6) is 0. The number of rotatable bonds is 2. The summed E-state index contributed by atoms with van der Waals surface area (Å²) < 4.78 is 0. The maximum absolute atomic E-state index is 10.1. The Morgan fingerprint density at radius 3 is 2.44 bits per heavy atom. The molecule has 1 atom stereocenters. The quantitative estimate of drug-likeness (QED) is 0.840. The molecule has 1 aromatic carbocycles. The van der Waals surface area contributed by atoms with Gasteiger partial charge in [0.05, 0.1) is 11.9 Å². The van der Waals surface area contributed by atoms with Crippen LogP contribution in [-0.2, 0) is 0 Å². The first-order valence-electron chi connectivity index (χ1n) is 4.71. The van der Waals surface area contributed by atoms with Crippen molar-refractivity contribution < 1.29 is 5.11 Å². The normalized spacial score (nSPS) is 11.6. The highest BCUT2D eigenvalue weighted by atomic mass is 35.5. The Morgan fingerprint density at radius 1 is 1.12 bits per heavy atom. The van der Waals surface area contributed by atoms with E-state index >= 15 is 0 Å². The molecule has 2 aromatic rings. The predicted molar refractivity (Wildman–Crippen MR) is 66.4 cm³/mol. The molecule has 0 spiro atoms. The van der Waals surface area contributed by atoms with Crippen molar-refractivity contribution in [3.8, 4) is 0 Å². The summed E-state index contributed by atoms with van der Waals surface area (Å²) in [6.07, 6.45) is 2.48. The van der Waals surface area contributed by atoms with Gasteiger partial charge in [-0.25, -0.2) is 0 Å². The second-order valence-corrected chi connectivity index (χ2v) is 3.32. The number of aliphatic hydroxyl groups is 1. The molecule has 0 aliphatic heterocycles. The van der Waals surface area contributed by atoms with Crippen LogP contribution in [0.5, 0.6) is 0 Å². The number of nitrogens with two attached hydrogens (primary N) is 1. The average Bonchev–Trinajstić information content (AvgIpc) is 2.30. The van der Waals surface area contributed by atoms with Gasteiger partial charge in [-0.05, 0) is 11.6 Å². The third-order valence-electron chi connectivity index (χ3n) is 2.30. The van der Waals surface area contributed by atoms with Crippen molar-refractivity contribution in [1.82, 2.24) is 4.98 Å². The maximum Gasteiger partial charge on any atom is 0.106 e. The summed E-state index contributed by atoms with van der Waals surface area (Å²) in [7, 11) is 0. The van der Waals surface area contributed by atoms with Crippen molar-refractivity contribution in [2.45, 2.75) is 6.10 Å². The van der Waals surface area contributed by atoms with Crippen LogP contribution in [-0.4, -0.2) is 10.1 Å². The number of nitrogen functional groups attached to an aromatic ring is 1. The summed E-state index contributed by atoms with van der Waals surface area (Å²) in [6.45, 7) is 0. The van der Waals surface area contributed by atoms with Crippen molar-refractivity contribution in [3.05, 3.63) is 59.9 Å². The smallest absolute Gasteiger partial charge is 0.106 e. The van der Waals surface area contributed by atoms with E-state index < -0.39 is 6.10 Å². The molecule has 1 unspecified atom stereocenters. The Kier molecular flexibility index (Phi) is 4.28. The van der Waals surface area contributed by atoms with Crippen LogP contribution >= 0.6 is 12.4 Å². The highest BCUT2D eigenvalue weighted by Gasteiger charge is 2.12. The van der Waals surface area contributed by atoms with Crippen LogP contribution < -0.4 is 5.73 Å². The van der Waals surface area contributed by atoms with Gasteiger partial charge in [0, 0.05) is 11.8 Å². The molecule has 84 valence electrons. The van der Waals surface area contributed by atoms with Crippen molar-refractivity contribution in [2.75, 3.05) is 5.73 Å². The third-order valence-corrected chi connectivity index (χ3v) is 2.30. The monoisotopic (exact) mass is 236 g/mol. The van der Waals surface area contributed by atoms with Crippen LogP contribution in [0, 0.1) is 0 Å². The standard InChI is InChI=1S/C12H12N2O.ClH/c13-11-8-14-7-6-10(11)12(15)9-4-2-1-3-5-9;/h1-8,12,15H,13H2;1H. The van der Waals surface area contributed by atoms with Crippen LogP contribution in [0.1, 0.15) is 17.2 Å². The van der Waals surface area contributed by atoms with Gasteiger partial charge < -0.3 is 10.8 Å². The van der Waals surface area contributed by atoms with Crippen molar-refractivity contribution in [3.63, 3.8) is 0 Å². The van der Waals surface area contributed by atoms with Crippen LogP contribution in [0.15, 0.2) is 48.8 Å². The molecule has 16 heavy (non-hydrogen) atoms. The van der Waals surface area contributed by atoms with Gasteiger partial charge in [0.15, 0.2) is 0 Å². The molecular formula is C12H13ClN2O. The maximum atomic E-state index is 10.1. The van der Waals surface area contributed by atoms with E-state index in [9.17, 15) is 5.11 Å². The predicted octanol–water partition coefficient (Wildman–Crippen LogP) is 2.17. The highest BCUT2D eigenvalue weighted by molar-refractivity contribution is 5.85. The summed E-state index contributed by atoms with van der Waals surface area (Å²) in [5.41, 5.74) is 7.76. The Morgan fingerprint density at radius 2 is 1.81 bits per heavy atom. The lowest BCUT2D eigenvalue weighted by Crippen LogP contribution is -2.03. The number of nitrogens with zero attached hydrogens (tertiary/aromatic N) is 1. The molecule has 4 heteroatoms. The van der Waals surface area contributed by atoms with Crippen LogP contribution in [0.4, 0.5) is 5.69 Å². The molecule has 0 aliphatic rings. The zero-order valence-electron chi connectivity index (χ0n) is 8.58.